The number of hydrogen-bond donors (Lipinski definition) is 1. The first-order valence-electron chi connectivity index (χ1n) is 8.81. The van der Waals surface area contributed by atoms with Crippen LogP contribution in [0, 0.1) is 10.5 Å². The van der Waals surface area contributed by atoms with Gasteiger partial charge in [-0.1, -0.05) is 0 Å². The highest BCUT2D eigenvalue weighted by Gasteiger charge is 2.13. The van der Waals surface area contributed by atoms with Crippen molar-refractivity contribution in [2.24, 2.45) is 0 Å². The van der Waals surface area contributed by atoms with Crippen LogP contribution in [0.1, 0.15) is 34.8 Å². The van der Waals surface area contributed by atoms with Crippen LogP contribution in [0.4, 0.5) is 5.69 Å². The molecule has 1 amide bonds. The summed E-state index contributed by atoms with van der Waals surface area (Å²) in [6.07, 6.45) is -0.114. The van der Waals surface area contributed by atoms with Crippen LogP contribution in [0.3, 0.4) is 0 Å². The second-order valence-electron chi connectivity index (χ2n) is 6.28. The normalized spacial score (nSPS) is 11.7. The van der Waals surface area contributed by atoms with Gasteiger partial charge < -0.3 is 14.8 Å². The van der Waals surface area contributed by atoms with Gasteiger partial charge in [0.2, 0.25) is 0 Å². The molecule has 0 fully saturated rings. The van der Waals surface area contributed by atoms with Gasteiger partial charge in [-0.25, -0.2) is 0 Å². The zero-order valence-corrected chi connectivity index (χ0v) is 18.1. The summed E-state index contributed by atoms with van der Waals surface area (Å²) in [4.78, 5) is 17.0. The minimum Gasteiger partial charge on any atom is -0.457 e. The number of aromatic nitrogens is 1. The van der Waals surface area contributed by atoms with E-state index in [2.05, 4.69) is 32.9 Å². The van der Waals surface area contributed by atoms with Crippen LogP contribution in [0.25, 0.3) is 0 Å². The van der Waals surface area contributed by atoms with Crippen molar-refractivity contribution >= 4 is 34.2 Å². The molecule has 0 radical (unpaired) electrons. The third kappa shape index (κ3) is 5.08. The highest BCUT2D eigenvalue weighted by atomic mass is 127. The van der Waals surface area contributed by atoms with Crippen LogP contribution >= 0.6 is 22.6 Å². The van der Waals surface area contributed by atoms with E-state index >= 15 is 0 Å². The van der Waals surface area contributed by atoms with E-state index in [-0.39, 0.29) is 12.0 Å². The maximum absolute atomic E-state index is 12.6. The number of carbonyl (C=O) groups excluding carboxylic acids is 1. The van der Waals surface area contributed by atoms with E-state index in [1.807, 2.05) is 68.4 Å². The van der Waals surface area contributed by atoms with Crippen LogP contribution in [0.5, 0.6) is 11.5 Å². The summed E-state index contributed by atoms with van der Waals surface area (Å²) in [6.45, 7) is 3.74. The number of aryl methyl sites for hydroxylation is 1. The van der Waals surface area contributed by atoms with Gasteiger partial charge in [0.1, 0.15) is 11.5 Å². The molecule has 5 nitrogen and oxygen atoms in total. The number of hydrogen-bond acceptors (Lipinski definition) is 4. The van der Waals surface area contributed by atoms with Crippen LogP contribution < -0.4 is 10.1 Å². The van der Waals surface area contributed by atoms with Crippen molar-refractivity contribution in [1.82, 2.24) is 4.98 Å². The summed E-state index contributed by atoms with van der Waals surface area (Å²) in [5.74, 6) is 1.27. The number of carbonyl (C=O) groups is 1. The zero-order chi connectivity index (χ0) is 20.1. The molecule has 28 heavy (non-hydrogen) atoms. The van der Waals surface area contributed by atoms with Gasteiger partial charge in [0.25, 0.3) is 5.91 Å². The van der Waals surface area contributed by atoms with E-state index < -0.39 is 0 Å². The Morgan fingerprint density at radius 2 is 1.61 bits per heavy atom. The average Bonchev–Trinajstić information content (AvgIpc) is 2.70. The number of amides is 1. The number of nitrogens with zero attached hydrogens (tertiary/aromatic N) is 1. The van der Waals surface area contributed by atoms with E-state index in [4.69, 9.17) is 9.47 Å². The molecule has 3 rings (SSSR count). The molecule has 1 aromatic heterocycles. The Labute approximate surface area is 178 Å². The molecule has 1 N–H and O–H groups in total. The Hall–Kier alpha value is -2.45. The van der Waals surface area contributed by atoms with Crippen molar-refractivity contribution < 1.29 is 14.3 Å². The van der Waals surface area contributed by atoms with Crippen molar-refractivity contribution in [3.8, 4) is 11.5 Å². The molecular weight excluding hydrogens is 467 g/mol. The van der Waals surface area contributed by atoms with Crippen molar-refractivity contribution in [2.75, 3.05) is 12.4 Å². The number of ether oxygens (including phenoxy) is 2. The smallest absolute Gasteiger partial charge is 0.257 e. The minimum atomic E-state index is -0.201. The van der Waals surface area contributed by atoms with Gasteiger partial charge >= 0.3 is 0 Å². The highest BCUT2D eigenvalue weighted by molar-refractivity contribution is 14.1. The molecule has 0 saturated carbocycles. The Kier molecular flexibility index (Phi) is 6.64. The fourth-order valence-electron chi connectivity index (χ4n) is 2.61. The number of rotatable bonds is 6. The predicted molar refractivity (Wildman–Crippen MR) is 118 cm³/mol. The van der Waals surface area contributed by atoms with E-state index in [1.165, 1.54) is 0 Å². The second kappa shape index (κ2) is 9.16. The molecule has 2 aromatic carbocycles. The number of benzene rings is 2. The molecule has 0 saturated heterocycles. The number of halogens is 1. The molecular formula is C22H21IN2O3. The lowest BCUT2D eigenvalue weighted by atomic mass is 10.1. The molecule has 0 spiro atoms. The number of pyridine rings is 1. The fraction of sp³-hybridized carbons (Fsp3) is 0.182. The van der Waals surface area contributed by atoms with Crippen LogP contribution in [-0.4, -0.2) is 18.0 Å². The standard InChI is InChI=1S/C22H21IN2O3/c1-14-20(12-13-21(24-14)15(2)27-3)22(26)25-17-6-10-19(11-7-17)28-18-8-4-16(23)5-9-18/h4-13,15H,1-3H3,(H,25,26). The monoisotopic (exact) mass is 488 g/mol. The summed E-state index contributed by atoms with van der Waals surface area (Å²) in [5, 5.41) is 2.89. The molecule has 1 unspecified atom stereocenters. The second-order valence-corrected chi connectivity index (χ2v) is 7.53. The quantitative estimate of drug-likeness (QED) is 0.450. The van der Waals surface area contributed by atoms with E-state index in [9.17, 15) is 4.79 Å². The van der Waals surface area contributed by atoms with Gasteiger partial charge in [-0.05, 0) is 97.1 Å². The summed E-state index contributed by atoms with van der Waals surface area (Å²) >= 11 is 2.25. The van der Waals surface area contributed by atoms with Crippen molar-refractivity contribution in [3.63, 3.8) is 0 Å². The van der Waals surface area contributed by atoms with Crippen LogP contribution in [-0.2, 0) is 4.74 Å². The predicted octanol–water partition coefficient (Wildman–Crippen LogP) is 5.75. The zero-order valence-electron chi connectivity index (χ0n) is 15.9. The number of nitrogens with one attached hydrogen (secondary N) is 1. The van der Waals surface area contributed by atoms with Gasteiger partial charge in [0.15, 0.2) is 0 Å². The fourth-order valence-corrected chi connectivity index (χ4v) is 2.97. The molecule has 0 aliphatic rings. The lowest BCUT2D eigenvalue weighted by Crippen LogP contribution is -2.15. The summed E-state index contributed by atoms with van der Waals surface area (Å²) in [7, 11) is 1.63. The lowest BCUT2D eigenvalue weighted by Gasteiger charge is -2.12. The maximum atomic E-state index is 12.6. The molecule has 0 bridgehead atoms. The maximum Gasteiger partial charge on any atom is 0.257 e. The topological polar surface area (TPSA) is 60.5 Å². The average molecular weight is 488 g/mol. The van der Waals surface area contributed by atoms with Crippen LogP contribution in [0.15, 0.2) is 60.7 Å². The van der Waals surface area contributed by atoms with E-state index in [0.29, 0.717) is 22.7 Å². The first-order valence-corrected chi connectivity index (χ1v) is 9.89. The largest absolute Gasteiger partial charge is 0.457 e. The van der Waals surface area contributed by atoms with Crippen molar-refractivity contribution in [3.05, 3.63) is 81.2 Å². The summed E-state index contributed by atoms with van der Waals surface area (Å²) in [5.41, 5.74) is 2.69. The molecule has 144 valence electrons. The third-order valence-electron chi connectivity index (χ3n) is 4.28. The van der Waals surface area contributed by atoms with E-state index in [0.717, 1.165) is 15.0 Å². The molecule has 3 aromatic rings. The molecule has 1 heterocycles. The number of methoxy groups -OCH3 is 1. The van der Waals surface area contributed by atoms with Crippen LogP contribution in [0.2, 0.25) is 0 Å². The summed E-state index contributed by atoms with van der Waals surface area (Å²) < 4.78 is 12.2. The summed E-state index contributed by atoms with van der Waals surface area (Å²) in [6, 6.07) is 18.7. The Balaban J connectivity index is 1.66. The molecule has 0 aliphatic heterocycles. The lowest BCUT2D eigenvalue weighted by molar-refractivity contribution is 0.102. The third-order valence-corrected chi connectivity index (χ3v) is 5.00. The first kappa shape index (κ1) is 20.3. The van der Waals surface area contributed by atoms with Gasteiger partial charge in [0.05, 0.1) is 23.1 Å². The van der Waals surface area contributed by atoms with Crippen molar-refractivity contribution in [1.29, 1.82) is 0 Å². The Morgan fingerprint density at radius 3 is 2.18 bits per heavy atom. The number of anilines is 1. The molecule has 1 atom stereocenters. The molecule has 6 heteroatoms. The highest BCUT2D eigenvalue weighted by Crippen LogP contribution is 2.24. The SMILES string of the molecule is COC(C)c1ccc(C(=O)Nc2ccc(Oc3ccc(I)cc3)cc2)c(C)n1. The van der Waals surface area contributed by atoms with Gasteiger partial charge in [-0.3, -0.25) is 9.78 Å². The Morgan fingerprint density at radius 1 is 1.00 bits per heavy atom. The van der Waals surface area contributed by atoms with Gasteiger partial charge in [0, 0.05) is 16.4 Å². The molecule has 0 aliphatic carbocycles. The Bertz CT molecular complexity index is 957. The van der Waals surface area contributed by atoms with Gasteiger partial charge in [-0.2, -0.15) is 0 Å². The van der Waals surface area contributed by atoms with E-state index in [1.54, 1.807) is 13.2 Å². The van der Waals surface area contributed by atoms with Gasteiger partial charge in [-0.15, -0.1) is 0 Å². The first-order chi connectivity index (χ1) is 13.5. The van der Waals surface area contributed by atoms with Crippen molar-refractivity contribution in [2.45, 2.75) is 20.0 Å². The minimum absolute atomic E-state index is 0.114.